The zero-order valence-corrected chi connectivity index (χ0v) is 17.1. The van der Waals surface area contributed by atoms with Gasteiger partial charge in [-0.3, -0.25) is 10.1 Å². The van der Waals surface area contributed by atoms with Crippen LogP contribution in [0.2, 0.25) is 0 Å². The van der Waals surface area contributed by atoms with Crippen molar-refractivity contribution in [3.05, 3.63) is 49.3 Å². The Balaban J connectivity index is 1.44. The highest BCUT2D eigenvalue weighted by atomic mass is 15.3. The minimum Gasteiger partial charge on any atom is -0.367 e. The summed E-state index contributed by atoms with van der Waals surface area (Å²) in [5.74, 6) is 0. The topological polar surface area (TPSA) is 103 Å². The minimum absolute atomic E-state index is 0.786. The van der Waals surface area contributed by atoms with Crippen LogP contribution in [0.5, 0.6) is 0 Å². The largest absolute Gasteiger partial charge is 0.367 e. The molecular weight excluding hydrogens is 390 g/mol. The van der Waals surface area contributed by atoms with E-state index in [1.165, 1.54) is 6.33 Å². The van der Waals surface area contributed by atoms with Crippen LogP contribution in [-0.4, -0.2) is 73.2 Å². The van der Waals surface area contributed by atoms with Crippen molar-refractivity contribution in [2.45, 2.75) is 0 Å². The van der Waals surface area contributed by atoms with Gasteiger partial charge in [-0.2, -0.15) is 5.10 Å². The van der Waals surface area contributed by atoms with Gasteiger partial charge in [0.25, 0.3) is 0 Å². The summed E-state index contributed by atoms with van der Waals surface area (Å²) in [6.07, 6.45) is 8.87. The van der Waals surface area contributed by atoms with Gasteiger partial charge in [-0.05, 0) is 25.2 Å². The average Bonchev–Trinajstić information content (AvgIpc) is 3.43. The molecule has 0 aromatic carbocycles. The number of nitrogens with zero attached hydrogens (tertiary/aromatic N) is 7. The van der Waals surface area contributed by atoms with Crippen LogP contribution in [0.15, 0.2) is 49.3 Å². The van der Waals surface area contributed by atoms with Gasteiger partial charge in [0, 0.05) is 49.5 Å². The molecule has 0 aliphatic carbocycles. The fraction of sp³-hybridized carbons (Fsp3) is 0.227. The first kappa shape index (κ1) is 18.0. The fourth-order valence-electron chi connectivity index (χ4n) is 4.14. The Kier molecular flexibility index (Phi) is 4.13. The third-order valence-corrected chi connectivity index (χ3v) is 5.89. The summed E-state index contributed by atoms with van der Waals surface area (Å²) in [5, 5.41) is 8.81. The lowest BCUT2D eigenvalue weighted by atomic mass is 10.1. The lowest BCUT2D eigenvalue weighted by Gasteiger charge is -2.34. The molecule has 0 bridgehead atoms. The first-order valence-electron chi connectivity index (χ1n) is 10.3. The van der Waals surface area contributed by atoms with Crippen molar-refractivity contribution in [2.75, 3.05) is 38.1 Å². The van der Waals surface area contributed by atoms with Crippen LogP contribution in [0.4, 0.5) is 5.69 Å². The zero-order valence-electron chi connectivity index (χ0n) is 17.1. The Hall–Kier alpha value is -3.85. The number of aromatic amines is 2. The van der Waals surface area contributed by atoms with E-state index in [9.17, 15) is 0 Å². The second-order valence-electron chi connectivity index (χ2n) is 7.89. The maximum atomic E-state index is 4.85. The molecule has 0 atom stereocenters. The minimum atomic E-state index is 0.786. The molecular formula is C22H21N9. The number of hydrogen-bond donors (Lipinski definition) is 2. The van der Waals surface area contributed by atoms with Crippen molar-refractivity contribution in [2.24, 2.45) is 0 Å². The highest BCUT2D eigenvalue weighted by Crippen LogP contribution is 2.33. The predicted molar refractivity (Wildman–Crippen MR) is 120 cm³/mol. The highest BCUT2D eigenvalue weighted by molar-refractivity contribution is 5.98. The van der Waals surface area contributed by atoms with E-state index in [2.05, 4.69) is 53.0 Å². The second kappa shape index (κ2) is 7.13. The summed E-state index contributed by atoms with van der Waals surface area (Å²) in [6, 6.07) is 6.09. The second-order valence-corrected chi connectivity index (χ2v) is 7.89. The maximum Gasteiger partial charge on any atom is 0.135 e. The van der Waals surface area contributed by atoms with Crippen LogP contribution in [0.25, 0.3) is 44.6 Å². The average molecular weight is 411 g/mol. The highest BCUT2D eigenvalue weighted by Gasteiger charge is 2.19. The van der Waals surface area contributed by atoms with E-state index >= 15 is 0 Å². The van der Waals surface area contributed by atoms with E-state index in [1.54, 1.807) is 12.4 Å². The van der Waals surface area contributed by atoms with E-state index < -0.39 is 0 Å². The molecule has 0 unspecified atom stereocenters. The normalized spacial score (nSPS) is 15.2. The monoisotopic (exact) mass is 411 g/mol. The molecule has 1 saturated heterocycles. The summed E-state index contributed by atoms with van der Waals surface area (Å²) >= 11 is 0. The third-order valence-electron chi connectivity index (χ3n) is 5.89. The molecule has 0 spiro atoms. The molecule has 1 fully saturated rings. The lowest BCUT2D eigenvalue weighted by Crippen LogP contribution is -2.44. The molecule has 154 valence electrons. The molecule has 9 heteroatoms. The zero-order chi connectivity index (χ0) is 20.8. The molecule has 6 rings (SSSR count). The molecule has 0 radical (unpaired) electrons. The van der Waals surface area contributed by atoms with Gasteiger partial charge in [-0.25, -0.2) is 15.0 Å². The van der Waals surface area contributed by atoms with Crippen molar-refractivity contribution < 1.29 is 0 Å². The Morgan fingerprint density at radius 1 is 0.903 bits per heavy atom. The standard InChI is InChI=1S/C22H21N9/c1-30-4-6-31(7-5-30)20-12-23-11-19-15(20)8-18(26-19)22-21-17(28-29-22)3-2-16(27-21)14-9-24-13-25-10-14/h2-3,8-13,26H,4-7H2,1H3,(H,28,29). The number of aromatic nitrogens is 7. The summed E-state index contributed by atoms with van der Waals surface area (Å²) in [6.45, 7) is 4.08. The van der Waals surface area contributed by atoms with Crippen LogP contribution in [0.3, 0.4) is 0 Å². The van der Waals surface area contributed by atoms with Crippen molar-refractivity contribution in [3.8, 4) is 22.6 Å². The molecule has 0 amide bonds. The van der Waals surface area contributed by atoms with E-state index in [4.69, 9.17) is 4.98 Å². The Morgan fingerprint density at radius 3 is 2.58 bits per heavy atom. The number of fused-ring (bicyclic) bond motifs is 2. The number of piperazine rings is 1. The Morgan fingerprint density at radius 2 is 1.74 bits per heavy atom. The number of nitrogens with one attached hydrogen (secondary N) is 2. The molecule has 2 N–H and O–H groups in total. The van der Waals surface area contributed by atoms with Crippen molar-refractivity contribution >= 4 is 27.6 Å². The van der Waals surface area contributed by atoms with E-state index in [0.29, 0.717) is 0 Å². The number of rotatable bonds is 3. The molecule has 0 saturated carbocycles. The molecule has 9 nitrogen and oxygen atoms in total. The molecule has 5 aromatic rings. The van der Waals surface area contributed by atoms with E-state index in [1.807, 2.05) is 24.5 Å². The molecule has 1 aliphatic heterocycles. The summed E-state index contributed by atoms with van der Waals surface area (Å²) < 4.78 is 0. The number of anilines is 1. The van der Waals surface area contributed by atoms with Gasteiger partial charge in [0.15, 0.2) is 0 Å². The Bertz CT molecular complexity index is 1360. The summed E-state index contributed by atoms with van der Waals surface area (Å²) in [5.41, 5.74) is 7.22. The quantitative estimate of drug-likeness (QED) is 0.471. The number of H-pyrrole nitrogens is 2. The van der Waals surface area contributed by atoms with Gasteiger partial charge in [-0.1, -0.05) is 0 Å². The van der Waals surface area contributed by atoms with Crippen molar-refractivity contribution in [1.82, 2.24) is 40.0 Å². The first-order valence-corrected chi connectivity index (χ1v) is 10.3. The van der Waals surface area contributed by atoms with Crippen LogP contribution in [-0.2, 0) is 0 Å². The van der Waals surface area contributed by atoms with Gasteiger partial charge < -0.3 is 14.8 Å². The van der Waals surface area contributed by atoms with Crippen LogP contribution in [0, 0.1) is 0 Å². The van der Waals surface area contributed by atoms with Gasteiger partial charge >= 0.3 is 0 Å². The molecule has 1 aliphatic rings. The van der Waals surface area contributed by atoms with Crippen LogP contribution < -0.4 is 4.90 Å². The Labute approximate surface area is 178 Å². The van der Waals surface area contributed by atoms with E-state index in [-0.39, 0.29) is 0 Å². The molecule has 6 heterocycles. The first-order chi connectivity index (χ1) is 15.3. The number of likely N-dealkylation sites (N-methyl/N-ethyl adjacent to an activating group) is 1. The smallest absolute Gasteiger partial charge is 0.135 e. The number of hydrogen-bond acceptors (Lipinski definition) is 7. The van der Waals surface area contributed by atoms with Crippen molar-refractivity contribution in [3.63, 3.8) is 0 Å². The number of pyridine rings is 2. The van der Waals surface area contributed by atoms with Crippen LogP contribution in [0.1, 0.15) is 0 Å². The fourth-order valence-corrected chi connectivity index (χ4v) is 4.14. The van der Waals surface area contributed by atoms with Gasteiger partial charge in [-0.15, -0.1) is 0 Å². The van der Waals surface area contributed by atoms with Crippen LogP contribution >= 0.6 is 0 Å². The summed E-state index contributed by atoms with van der Waals surface area (Å²) in [7, 11) is 2.16. The van der Waals surface area contributed by atoms with Gasteiger partial charge in [0.05, 0.1) is 40.5 Å². The van der Waals surface area contributed by atoms with Crippen molar-refractivity contribution in [1.29, 1.82) is 0 Å². The predicted octanol–water partition coefficient (Wildman–Crippen LogP) is 2.71. The maximum absolute atomic E-state index is 4.85. The summed E-state index contributed by atoms with van der Waals surface area (Å²) in [4.78, 5) is 25.8. The van der Waals surface area contributed by atoms with Gasteiger partial charge in [0.1, 0.15) is 17.5 Å². The van der Waals surface area contributed by atoms with E-state index in [0.717, 1.165) is 76.4 Å². The molecule has 5 aromatic heterocycles. The third kappa shape index (κ3) is 3.10. The SMILES string of the molecule is CN1CCN(c2cncc3[nH]c(-c4n[nH]c5ccc(-c6cncnc6)nc45)cc23)CC1. The van der Waals surface area contributed by atoms with Gasteiger partial charge in [0.2, 0.25) is 0 Å². The lowest BCUT2D eigenvalue weighted by molar-refractivity contribution is 0.313. The molecule has 31 heavy (non-hydrogen) atoms.